The van der Waals surface area contributed by atoms with Gasteiger partial charge in [-0.15, -0.1) is 0 Å². The summed E-state index contributed by atoms with van der Waals surface area (Å²) in [6, 6.07) is 0. The first-order chi connectivity index (χ1) is 5.31. The van der Waals surface area contributed by atoms with Crippen LogP contribution in [0, 0.1) is 0 Å². The molecule has 0 heterocycles. The van der Waals surface area contributed by atoms with Gasteiger partial charge in [0.15, 0.2) is 0 Å². The first-order valence-corrected chi connectivity index (χ1v) is 3.57. The first kappa shape index (κ1) is 10.7. The second kappa shape index (κ2) is 3.94. The Kier molecular flexibility index (Phi) is 3.53. The molecule has 0 aromatic carbocycles. The van der Waals surface area contributed by atoms with Crippen LogP contribution in [-0.2, 0) is 9.63 Å². The maximum Gasteiger partial charge on any atom is 0.431 e. The van der Waals surface area contributed by atoms with E-state index in [0.29, 0.717) is 0 Å². The van der Waals surface area contributed by atoms with Crippen molar-refractivity contribution in [2.24, 2.45) is 0 Å². The quantitative estimate of drug-likeness (QED) is 0.527. The minimum atomic E-state index is -0.669. The fraction of sp³-hybridized carbons (Fsp3) is 0.714. The average Bonchev–Trinajstić information content (AvgIpc) is 1.79. The lowest BCUT2D eigenvalue weighted by Crippen LogP contribution is -2.43. The summed E-state index contributed by atoms with van der Waals surface area (Å²) < 4.78 is 0. The first-order valence-electron chi connectivity index (χ1n) is 3.57. The standard InChI is InChI=1S/C7H14N2O3/c1-5(10)9-12-6(11)8-7(2,3)4/h1-4H3,(H,8,11)(H,9,10). The fourth-order valence-electron chi connectivity index (χ4n) is 0.450. The van der Waals surface area contributed by atoms with Crippen LogP contribution in [0.2, 0.25) is 0 Å². The van der Waals surface area contributed by atoms with E-state index in [-0.39, 0.29) is 5.54 Å². The fourth-order valence-corrected chi connectivity index (χ4v) is 0.450. The van der Waals surface area contributed by atoms with E-state index in [9.17, 15) is 9.59 Å². The Morgan fingerprint density at radius 1 is 1.25 bits per heavy atom. The van der Waals surface area contributed by atoms with Crippen molar-refractivity contribution < 1.29 is 14.4 Å². The monoisotopic (exact) mass is 174 g/mol. The van der Waals surface area contributed by atoms with E-state index >= 15 is 0 Å². The normalized spacial score (nSPS) is 10.3. The highest BCUT2D eigenvalue weighted by molar-refractivity contribution is 5.75. The van der Waals surface area contributed by atoms with Gasteiger partial charge in [-0.3, -0.25) is 4.79 Å². The molecule has 0 aliphatic carbocycles. The molecule has 2 N–H and O–H groups in total. The van der Waals surface area contributed by atoms with Gasteiger partial charge in [-0.05, 0) is 20.8 Å². The molecule has 0 aromatic rings. The molecule has 0 saturated carbocycles. The van der Waals surface area contributed by atoms with Crippen molar-refractivity contribution in [3.8, 4) is 0 Å². The van der Waals surface area contributed by atoms with Gasteiger partial charge in [-0.1, -0.05) is 0 Å². The Labute approximate surface area is 71.4 Å². The van der Waals surface area contributed by atoms with Crippen molar-refractivity contribution in [3.63, 3.8) is 0 Å². The molecule has 0 rings (SSSR count). The van der Waals surface area contributed by atoms with E-state index in [1.165, 1.54) is 6.92 Å². The lowest BCUT2D eigenvalue weighted by molar-refractivity contribution is -0.127. The maximum atomic E-state index is 10.8. The summed E-state index contributed by atoms with van der Waals surface area (Å²) in [6.07, 6.45) is -0.669. The van der Waals surface area contributed by atoms with E-state index in [2.05, 4.69) is 10.2 Å². The molecule has 0 atom stereocenters. The number of amides is 2. The third-order valence-corrected chi connectivity index (χ3v) is 0.765. The van der Waals surface area contributed by atoms with Crippen molar-refractivity contribution in [3.05, 3.63) is 0 Å². The molecule has 0 aromatic heterocycles. The Morgan fingerprint density at radius 2 is 1.75 bits per heavy atom. The maximum absolute atomic E-state index is 10.8. The van der Waals surface area contributed by atoms with E-state index in [1.54, 1.807) is 0 Å². The van der Waals surface area contributed by atoms with Gasteiger partial charge >= 0.3 is 6.09 Å². The highest BCUT2D eigenvalue weighted by Crippen LogP contribution is 1.97. The van der Waals surface area contributed by atoms with E-state index in [1.807, 2.05) is 26.3 Å². The molecule has 0 bridgehead atoms. The summed E-state index contributed by atoms with van der Waals surface area (Å²) >= 11 is 0. The molecular weight excluding hydrogens is 160 g/mol. The second-order valence-corrected chi connectivity index (χ2v) is 3.42. The van der Waals surface area contributed by atoms with Gasteiger partial charge in [0.25, 0.3) is 0 Å². The molecule has 70 valence electrons. The van der Waals surface area contributed by atoms with Crippen LogP contribution in [0.5, 0.6) is 0 Å². The van der Waals surface area contributed by atoms with Crippen LogP contribution in [0.1, 0.15) is 27.7 Å². The number of hydrogen-bond acceptors (Lipinski definition) is 3. The molecular formula is C7H14N2O3. The van der Waals surface area contributed by atoms with Crippen molar-refractivity contribution in [1.29, 1.82) is 0 Å². The molecule has 0 spiro atoms. The summed E-state index contributed by atoms with van der Waals surface area (Å²) in [4.78, 5) is 25.4. The molecule has 5 nitrogen and oxygen atoms in total. The summed E-state index contributed by atoms with van der Waals surface area (Å²) in [7, 11) is 0. The van der Waals surface area contributed by atoms with Crippen LogP contribution < -0.4 is 10.8 Å². The molecule has 0 radical (unpaired) electrons. The topological polar surface area (TPSA) is 67.4 Å². The molecule has 5 heteroatoms. The number of hydrogen-bond donors (Lipinski definition) is 2. The zero-order valence-electron chi connectivity index (χ0n) is 7.72. The number of rotatable bonds is 0. The van der Waals surface area contributed by atoms with Gasteiger partial charge < -0.3 is 10.2 Å². The Morgan fingerprint density at radius 3 is 2.08 bits per heavy atom. The molecule has 0 fully saturated rings. The minimum absolute atomic E-state index is 0.366. The van der Waals surface area contributed by atoms with Gasteiger partial charge in [0.1, 0.15) is 0 Å². The largest absolute Gasteiger partial charge is 0.431 e. The second-order valence-electron chi connectivity index (χ2n) is 3.42. The third kappa shape index (κ3) is 6.85. The summed E-state index contributed by atoms with van der Waals surface area (Å²) in [5, 5.41) is 2.50. The zero-order valence-corrected chi connectivity index (χ0v) is 7.72. The summed E-state index contributed by atoms with van der Waals surface area (Å²) in [5.41, 5.74) is 1.55. The molecule has 2 amide bonds. The highest BCUT2D eigenvalue weighted by Gasteiger charge is 2.14. The predicted octanol–water partition coefficient (Wildman–Crippen LogP) is 0.562. The van der Waals surface area contributed by atoms with Crippen molar-refractivity contribution in [2.75, 3.05) is 0 Å². The minimum Gasteiger partial charge on any atom is -0.322 e. The highest BCUT2D eigenvalue weighted by atomic mass is 16.7. The van der Waals surface area contributed by atoms with Crippen molar-refractivity contribution in [2.45, 2.75) is 33.2 Å². The van der Waals surface area contributed by atoms with Gasteiger partial charge in [0.2, 0.25) is 5.91 Å². The number of carbonyl (C=O) groups is 2. The van der Waals surface area contributed by atoms with E-state index in [0.717, 1.165) is 0 Å². The van der Waals surface area contributed by atoms with E-state index < -0.39 is 12.0 Å². The van der Waals surface area contributed by atoms with Gasteiger partial charge in [-0.25, -0.2) is 4.79 Å². The molecule has 0 unspecified atom stereocenters. The SMILES string of the molecule is CC(=O)NOC(=O)NC(C)(C)C. The van der Waals surface area contributed by atoms with Crippen molar-refractivity contribution in [1.82, 2.24) is 10.8 Å². The lowest BCUT2D eigenvalue weighted by Gasteiger charge is -2.19. The molecule has 0 aliphatic heterocycles. The Balaban J connectivity index is 3.68. The van der Waals surface area contributed by atoms with Gasteiger partial charge in [0, 0.05) is 12.5 Å². The summed E-state index contributed by atoms with van der Waals surface area (Å²) in [5.74, 6) is -0.418. The Bertz CT molecular complexity index is 184. The predicted molar refractivity (Wildman–Crippen MR) is 43.2 cm³/mol. The van der Waals surface area contributed by atoms with Crippen LogP contribution in [0.25, 0.3) is 0 Å². The van der Waals surface area contributed by atoms with Crippen LogP contribution in [0.15, 0.2) is 0 Å². The molecule has 0 saturated heterocycles. The lowest BCUT2D eigenvalue weighted by atomic mass is 10.1. The molecule has 12 heavy (non-hydrogen) atoms. The number of hydroxylamine groups is 1. The Hall–Kier alpha value is -1.26. The van der Waals surface area contributed by atoms with Crippen LogP contribution in [0.4, 0.5) is 4.79 Å². The van der Waals surface area contributed by atoms with E-state index in [4.69, 9.17) is 0 Å². The average molecular weight is 174 g/mol. The zero-order chi connectivity index (χ0) is 9.78. The number of carbonyl (C=O) groups excluding carboxylic acids is 2. The van der Waals surface area contributed by atoms with Gasteiger partial charge in [-0.2, -0.15) is 5.48 Å². The van der Waals surface area contributed by atoms with Crippen LogP contribution >= 0.6 is 0 Å². The van der Waals surface area contributed by atoms with Crippen molar-refractivity contribution >= 4 is 12.0 Å². The summed E-state index contributed by atoms with van der Waals surface area (Å²) in [6.45, 7) is 6.68. The third-order valence-electron chi connectivity index (χ3n) is 0.765. The van der Waals surface area contributed by atoms with Crippen LogP contribution in [0.3, 0.4) is 0 Å². The molecule has 0 aliphatic rings. The van der Waals surface area contributed by atoms with Gasteiger partial charge in [0.05, 0.1) is 0 Å². The van der Waals surface area contributed by atoms with Crippen LogP contribution in [-0.4, -0.2) is 17.5 Å². The smallest absolute Gasteiger partial charge is 0.322 e. The number of nitrogens with one attached hydrogen (secondary N) is 2.